The topological polar surface area (TPSA) is 0 Å². The predicted molar refractivity (Wildman–Crippen MR) is 105 cm³/mol. The average molecular weight is 319 g/mol. The molecule has 1 heterocycles. The van der Waals surface area contributed by atoms with Gasteiger partial charge in [0.15, 0.2) is 0 Å². The highest BCUT2D eigenvalue weighted by Gasteiger charge is 2.43. The first-order chi connectivity index (χ1) is 11.3. The van der Waals surface area contributed by atoms with Crippen molar-refractivity contribution in [1.82, 2.24) is 0 Å². The fourth-order valence-electron chi connectivity index (χ4n) is 3.84. The average Bonchev–Trinajstić information content (AvgIpc) is 2.87. The van der Waals surface area contributed by atoms with E-state index in [1.807, 2.05) is 0 Å². The van der Waals surface area contributed by atoms with Crippen LogP contribution in [0.5, 0.6) is 0 Å². The molecule has 0 N–H and O–H groups in total. The van der Waals surface area contributed by atoms with Gasteiger partial charge in [0.2, 0.25) is 0 Å². The Morgan fingerprint density at radius 2 is 1.09 bits per heavy atom. The lowest BCUT2D eigenvalue weighted by molar-refractivity contribution is 1.21. The summed E-state index contributed by atoms with van der Waals surface area (Å²) in [6, 6.07) is 20.6. The van der Waals surface area contributed by atoms with Crippen molar-refractivity contribution in [1.29, 1.82) is 0 Å². The third kappa shape index (κ3) is 2.86. The maximum Gasteiger partial charge on any atom is 0.127 e. The minimum atomic E-state index is -1.72. The Kier molecular flexibility index (Phi) is 4.97. The molecule has 0 radical (unpaired) electrons. The van der Waals surface area contributed by atoms with Crippen LogP contribution < -0.4 is 10.4 Å². The summed E-state index contributed by atoms with van der Waals surface area (Å²) in [5.41, 5.74) is 2.95. The fraction of sp³-hybridized carbons (Fsp3) is 0.273. The molecule has 0 unspecified atom stereocenters. The zero-order chi connectivity index (χ0) is 16.1. The highest BCUT2D eigenvalue weighted by molar-refractivity contribution is 7.06. The molecule has 2 aromatic carbocycles. The molecule has 0 atom stereocenters. The van der Waals surface area contributed by atoms with E-state index >= 15 is 0 Å². The summed E-state index contributed by atoms with van der Waals surface area (Å²) < 4.78 is 0. The summed E-state index contributed by atoms with van der Waals surface area (Å²) in [6.45, 7) is 4.44. The van der Waals surface area contributed by atoms with Crippen LogP contribution in [0.25, 0.3) is 11.1 Å². The van der Waals surface area contributed by atoms with Crippen LogP contribution >= 0.6 is 0 Å². The minimum absolute atomic E-state index is 1.12. The monoisotopic (exact) mass is 318 g/mol. The van der Waals surface area contributed by atoms with Gasteiger partial charge in [-0.15, -0.1) is 0 Å². The van der Waals surface area contributed by atoms with Crippen molar-refractivity contribution in [3.8, 4) is 11.1 Å². The van der Waals surface area contributed by atoms with Crippen LogP contribution in [-0.2, 0) is 0 Å². The normalized spacial score (nSPS) is 15.2. The molecule has 0 aromatic heterocycles. The lowest BCUT2D eigenvalue weighted by Crippen LogP contribution is -2.54. The molecule has 0 saturated heterocycles. The second-order valence-corrected chi connectivity index (χ2v) is 10.4. The molecule has 0 nitrogen and oxygen atoms in total. The van der Waals surface area contributed by atoms with Crippen LogP contribution in [0.4, 0.5) is 0 Å². The number of fused-ring (bicyclic) bond motifs is 3. The molecule has 3 rings (SSSR count). The molecule has 118 valence electrons. The van der Waals surface area contributed by atoms with E-state index in [4.69, 9.17) is 0 Å². The van der Waals surface area contributed by atoms with Crippen molar-refractivity contribution in [2.45, 2.75) is 38.8 Å². The molecule has 0 bridgehead atoms. The lowest BCUT2D eigenvalue weighted by Gasteiger charge is -2.27. The number of allylic oxidation sites excluding steroid dienone is 4. The molecule has 1 heteroatoms. The zero-order valence-electron chi connectivity index (χ0n) is 14.3. The first kappa shape index (κ1) is 16.0. The largest absolute Gasteiger partial charge is 0.127 e. The van der Waals surface area contributed by atoms with Crippen molar-refractivity contribution in [2.24, 2.45) is 0 Å². The second-order valence-electron chi connectivity index (χ2n) is 6.34. The summed E-state index contributed by atoms with van der Waals surface area (Å²) in [4.78, 5) is 0. The summed E-state index contributed by atoms with van der Waals surface area (Å²) in [5, 5.41) is 3.26. The SMILES string of the molecule is CC/C=C/C[Si]1(C/C=C/CC)c2ccccc2-c2ccccc21. The maximum atomic E-state index is 2.44. The van der Waals surface area contributed by atoms with E-state index in [1.54, 1.807) is 10.4 Å². The molecular formula is C22H26Si. The quantitative estimate of drug-likeness (QED) is 0.509. The van der Waals surface area contributed by atoms with Crippen LogP contribution in [-0.4, -0.2) is 8.07 Å². The van der Waals surface area contributed by atoms with E-state index in [1.165, 1.54) is 23.2 Å². The van der Waals surface area contributed by atoms with Gasteiger partial charge < -0.3 is 0 Å². The highest BCUT2D eigenvalue weighted by atomic mass is 28.3. The van der Waals surface area contributed by atoms with Gasteiger partial charge in [0.1, 0.15) is 8.07 Å². The molecule has 2 aromatic rings. The van der Waals surface area contributed by atoms with E-state index < -0.39 is 8.07 Å². The van der Waals surface area contributed by atoms with Crippen molar-refractivity contribution in [3.05, 3.63) is 72.8 Å². The predicted octanol–water partition coefficient (Wildman–Crippen LogP) is 5.16. The summed E-state index contributed by atoms with van der Waals surface area (Å²) in [5.74, 6) is 0. The van der Waals surface area contributed by atoms with Gasteiger partial charge in [-0.25, -0.2) is 0 Å². The van der Waals surface area contributed by atoms with Gasteiger partial charge >= 0.3 is 0 Å². The third-order valence-electron chi connectivity index (χ3n) is 4.91. The molecule has 0 fully saturated rings. The van der Waals surface area contributed by atoms with Crippen LogP contribution in [0.1, 0.15) is 26.7 Å². The van der Waals surface area contributed by atoms with Gasteiger partial charge in [0.25, 0.3) is 0 Å². The molecule has 0 aliphatic carbocycles. The second kappa shape index (κ2) is 7.14. The van der Waals surface area contributed by atoms with Crippen LogP contribution in [0.3, 0.4) is 0 Å². The van der Waals surface area contributed by atoms with E-state index in [0.29, 0.717) is 0 Å². The van der Waals surface area contributed by atoms with E-state index in [-0.39, 0.29) is 0 Å². The minimum Gasteiger partial charge on any atom is -0.0906 e. The standard InChI is InChI=1S/C22H26Si/c1-3-5-11-17-23(18-12-6-4-2)21-15-9-7-13-19(21)20-14-8-10-16-22(20)23/h5-16H,3-4,17-18H2,1-2H3/b11-5+,12-6+. The first-order valence-corrected chi connectivity index (χ1v) is 11.2. The number of hydrogen-bond donors (Lipinski definition) is 0. The first-order valence-electron chi connectivity index (χ1n) is 8.83. The summed E-state index contributed by atoms with van der Waals surface area (Å²) in [7, 11) is -1.72. The van der Waals surface area contributed by atoms with Crippen molar-refractivity contribution in [3.63, 3.8) is 0 Å². The smallest absolute Gasteiger partial charge is 0.0906 e. The number of benzene rings is 2. The maximum absolute atomic E-state index is 2.44. The van der Waals surface area contributed by atoms with Crippen LogP contribution in [0, 0.1) is 0 Å². The van der Waals surface area contributed by atoms with E-state index in [9.17, 15) is 0 Å². The van der Waals surface area contributed by atoms with Gasteiger partial charge in [-0.1, -0.05) is 86.7 Å². The zero-order valence-corrected chi connectivity index (χ0v) is 15.3. The molecule has 0 amide bonds. The Hall–Kier alpha value is -1.86. The molecule has 0 spiro atoms. The van der Waals surface area contributed by atoms with Gasteiger partial charge in [0.05, 0.1) is 0 Å². The Balaban J connectivity index is 2.16. The fourth-order valence-corrected chi connectivity index (χ4v) is 8.61. The van der Waals surface area contributed by atoms with Crippen molar-refractivity contribution < 1.29 is 0 Å². The summed E-state index contributed by atoms with van der Waals surface area (Å²) >= 11 is 0. The van der Waals surface area contributed by atoms with Gasteiger partial charge in [-0.2, -0.15) is 0 Å². The third-order valence-corrected chi connectivity index (χ3v) is 9.71. The molecular weight excluding hydrogens is 292 g/mol. The van der Waals surface area contributed by atoms with E-state index in [0.717, 1.165) is 12.8 Å². The Bertz CT molecular complexity index is 661. The Morgan fingerprint density at radius 1 is 0.652 bits per heavy atom. The van der Waals surface area contributed by atoms with Gasteiger partial charge in [0, 0.05) is 0 Å². The van der Waals surface area contributed by atoms with Gasteiger partial charge in [-0.3, -0.25) is 0 Å². The Labute approximate surface area is 141 Å². The molecule has 1 aliphatic heterocycles. The lowest BCUT2D eigenvalue weighted by atomic mass is 10.1. The highest BCUT2D eigenvalue weighted by Crippen LogP contribution is 2.33. The van der Waals surface area contributed by atoms with Crippen molar-refractivity contribution in [2.75, 3.05) is 0 Å². The molecule has 1 aliphatic rings. The molecule has 0 saturated carbocycles. The Morgan fingerprint density at radius 3 is 1.52 bits per heavy atom. The summed E-state index contributed by atoms with van der Waals surface area (Å²) in [6.07, 6.45) is 11.8. The number of hydrogen-bond acceptors (Lipinski definition) is 0. The van der Waals surface area contributed by atoms with Crippen LogP contribution in [0.2, 0.25) is 12.1 Å². The molecule has 23 heavy (non-hydrogen) atoms. The number of rotatable bonds is 6. The van der Waals surface area contributed by atoms with Crippen LogP contribution in [0.15, 0.2) is 72.8 Å². The van der Waals surface area contributed by atoms with E-state index in [2.05, 4.69) is 86.7 Å². The van der Waals surface area contributed by atoms with Crippen molar-refractivity contribution >= 4 is 18.4 Å². The van der Waals surface area contributed by atoms with Gasteiger partial charge in [-0.05, 0) is 46.4 Å².